The molecule has 3 aliphatic rings. The molecule has 5 rings (SSSR count). The molecule has 33 heavy (non-hydrogen) atoms. The predicted molar refractivity (Wildman–Crippen MR) is 139 cm³/mol. The summed E-state index contributed by atoms with van der Waals surface area (Å²) >= 11 is 14.4. The van der Waals surface area contributed by atoms with Crippen LogP contribution in [0.1, 0.15) is 55.6 Å². The minimum Gasteiger partial charge on any atom is -0.393 e. The van der Waals surface area contributed by atoms with E-state index in [1.165, 1.54) is 57.3 Å². The fourth-order valence-corrected chi connectivity index (χ4v) is 7.32. The van der Waals surface area contributed by atoms with Crippen LogP contribution in [0, 0.1) is 17.8 Å². The van der Waals surface area contributed by atoms with Crippen molar-refractivity contribution in [2.45, 2.75) is 57.1 Å². The summed E-state index contributed by atoms with van der Waals surface area (Å²) in [5.74, 6) is 2.52. The maximum absolute atomic E-state index is 10.5. The number of thiophene rings is 1. The first-order chi connectivity index (χ1) is 16.0. The normalized spacial score (nSPS) is 26.5. The van der Waals surface area contributed by atoms with Crippen LogP contribution in [-0.4, -0.2) is 53.7 Å². The number of nitrogens with zero attached hydrogens (tertiary/aromatic N) is 2. The van der Waals surface area contributed by atoms with Crippen LogP contribution >= 0.6 is 34.5 Å². The van der Waals surface area contributed by atoms with Crippen molar-refractivity contribution in [3.05, 3.63) is 56.2 Å². The first-order valence-electron chi connectivity index (χ1n) is 12.6. The summed E-state index contributed by atoms with van der Waals surface area (Å²) in [5.41, 5.74) is 2.66. The number of aliphatic hydroxyl groups is 1. The van der Waals surface area contributed by atoms with Gasteiger partial charge in [0, 0.05) is 42.1 Å². The SMILES string of the molecule is OC(CC1CCN(C[C@H]2CN(Cc3ccc(Cl)cc3Cl)C[C@@H]2c2ccsc2)CC1)C1CCC1. The van der Waals surface area contributed by atoms with E-state index in [0.29, 0.717) is 28.7 Å². The molecule has 1 unspecified atom stereocenters. The molecule has 3 fully saturated rings. The topological polar surface area (TPSA) is 26.7 Å². The summed E-state index contributed by atoms with van der Waals surface area (Å²) in [5, 5.41) is 16.5. The molecule has 1 aliphatic carbocycles. The zero-order valence-corrected chi connectivity index (χ0v) is 21.7. The highest BCUT2D eigenvalue weighted by atomic mass is 35.5. The van der Waals surface area contributed by atoms with Gasteiger partial charge in [0.15, 0.2) is 0 Å². The van der Waals surface area contributed by atoms with E-state index in [4.69, 9.17) is 23.2 Å². The number of hydrogen-bond donors (Lipinski definition) is 1. The van der Waals surface area contributed by atoms with E-state index in [1.54, 1.807) is 11.3 Å². The lowest BCUT2D eigenvalue weighted by molar-refractivity contribution is 0.0302. The van der Waals surface area contributed by atoms with Crippen molar-refractivity contribution in [2.75, 3.05) is 32.7 Å². The number of aliphatic hydroxyl groups excluding tert-OH is 1. The fourth-order valence-electron chi connectivity index (χ4n) is 6.12. The molecular weight excluding hydrogens is 471 g/mol. The molecule has 3 heterocycles. The van der Waals surface area contributed by atoms with Crippen LogP contribution in [0.15, 0.2) is 35.0 Å². The van der Waals surface area contributed by atoms with Crippen molar-refractivity contribution in [3.8, 4) is 0 Å². The van der Waals surface area contributed by atoms with Gasteiger partial charge in [-0.25, -0.2) is 0 Å². The molecule has 6 heteroatoms. The van der Waals surface area contributed by atoms with Crippen LogP contribution in [0.3, 0.4) is 0 Å². The Balaban J connectivity index is 1.17. The summed E-state index contributed by atoms with van der Waals surface area (Å²) in [6, 6.07) is 8.18. The number of benzene rings is 1. The van der Waals surface area contributed by atoms with Crippen LogP contribution in [0.25, 0.3) is 0 Å². The lowest BCUT2D eigenvalue weighted by Gasteiger charge is -2.37. The molecule has 2 aliphatic heterocycles. The lowest BCUT2D eigenvalue weighted by atomic mass is 9.77. The molecule has 1 N–H and O–H groups in total. The van der Waals surface area contributed by atoms with Gasteiger partial charge in [0.2, 0.25) is 0 Å². The summed E-state index contributed by atoms with van der Waals surface area (Å²) in [6.07, 6.45) is 7.24. The van der Waals surface area contributed by atoms with Crippen LogP contribution in [0.4, 0.5) is 0 Å². The van der Waals surface area contributed by atoms with Crippen LogP contribution in [0.5, 0.6) is 0 Å². The highest BCUT2D eigenvalue weighted by Gasteiger charge is 2.36. The first kappa shape index (κ1) is 24.1. The van der Waals surface area contributed by atoms with E-state index in [1.807, 2.05) is 12.1 Å². The van der Waals surface area contributed by atoms with Gasteiger partial charge < -0.3 is 10.0 Å². The standard InChI is InChI=1S/C27H36Cl2N2OS/c28-24-5-4-21(26(29)13-24)14-31-16-23(25(17-31)22-8-11-33-18-22)15-30-9-6-19(7-10-30)12-27(32)20-2-1-3-20/h4-5,8,11,13,18-20,23,25,27,32H,1-3,6-7,9-10,12,14-17H2/t23-,25+,27?/m0/s1. The summed E-state index contributed by atoms with van der Waals surface area (Å²) in [6.45, 7) is 6.61. The molecule has 180 valence electrons. The van der Waals surface area contributed by atoms with E-state index in [2.05, 4.69) is 32.7 Å². The van der Waals surface area contributed by atoms with Gasteiger partial charge in [-0.15, -0.1) is 0 Å². The number of piperidine rings is 1. The van der Waals surface area contributed by atoms with Gasteiger partial charge in [-0.2, -0.15) is 11.3 Å². The number of halogens is 2. The third-order valence-corrected chi connectivity index (χ3v) is 9.65. The van der Waals surface area contributed by atoms with Gasteiger partial charge in [0.05, 0.1) is 6.10 Å². The third-order valence-electron chi connectivity index (χ3n) is 8.37. The molecule has 2 aromatic rings. The monoisotopic (exact) mass is 506 g/mol. The minimum atomic E-state index is -0.0543. The van der Waals surface area contributed by atoms with Gasteiger partial charge >= 0.3 is 0 Å². The van der Waals surface area contributed by atoms with Crippen molar-refractivity contribution in [2.24, 2.45) is 17.8 Å². The van der Waals surface area contributed by atoms with Crippen molar-refractivity contribution in [1.29, 1.82) is 0 Å². The average molecular weight is 508 g/mol. The minimum absolute atomic E-state index is 0.0543. The second kappa shape index (κ2) is 11.0. The molecule has 3 atom stereocenters. The molecule has 2 saturated heterocycles. The second-order valence-corrected chi connectivity index (χ2v) is 12.2. The Morgan fingerprint density at radius 1 is 1.03 bits per heavy atom. The number of rotatable bonds is 8. The summed E-state index contributed by atoms with van der Waals surface area (Å²) in [7, 11) is 0. The summed E-state index contributed by atoms with van der Waals surface area (Å²) in [4.78, 5) is 5.26. The highest BCUT2D eigenvalue weighted by molar-refractivity contribution is 7.08. The molecule has 0 spiro atoms. The zero-order chi connectivity index (χ0) is 22.8. The average Bonchev–Trinajstić information content (AvgIpc) is 3.40. The van der Waals surface area contributed by atoms with Crippen molar-refractivity contribution in [3.63, 3.8) is 0 Å². The Morgan fingerprint density at radius 2 is 1.85 bits per heavy atom. The third kappa shape index (κ3) is 5.97. The molecular formula is C27H36Cl2N2OS. The van der Waals surface area contributed by atoms with E-state index in [0.717, 1.165) is 36.6 Å². The molecule has 1 aromatic heterocycles. The Kier molecular flexibility index (Phi) is 8.01. The fraction of sp³-hybridized carbons (Fsp3) is 0.630. The second-order valence-electron chi connectivity index (χ2n) is 10.6. The van der Waals surface area contributed by atoms with E-state index >= 15 is 0 Å². The molecule has 3 nitrogen and oxygen atoms in total. The van der Waals surface area contributed by atoms with Gasteiger partial charge in [-0.3, -0.25) is 4.90 Å². The molecule has 0 radical (unpaired) electrons. The van der Waals surface area contributed by atoms with Gasteiger partial charge in [0.25, 0.3) is 0 Å². The smallest absolute Gasteiger partial charge is 0.0571 e. The Bertz CT molecular complexity index is 896. The van der Waals surface area contributed by atoms with Crippen LogP contribution in [-0.2, 0) is 6.54 Å². The van der Waals surface area contributed by atoms with Crippen molar-refractivity contribution in [1.82, 2.24) is 9.80 Å². The number of likely N-dealkylation sites (tertiary alicyclic amines) is 2. The Hall–Kier alpha value is -0.620. The quantitative estimate of drug-likeness (QED) is 0.440. The largest absolute Gasteiger partial charge is 0.393 e. The highest BCUT2D eigenvalue weighted by Crippen LogP contribution is 2.38. The van der Waals surface area contributed by atoms with Crippen molar-refractivity contribution >= 4 is 34.5 Å². The van der Waals surface area contributed by atoms with Gasteiger partial charge in [0.1, 0.15) is 0 Å². The number of hydrogen-bond acceptors (Lipinski definition) is 4. The molecule has 0 bridgehead atoms. The van der Waals surface area contributed by atoms with E-state index < -0.39 is 0 Å². The first-order valence-corrected chi connectivity index (χ1v) is 14.3. The van der Waals surface area contributed by atoms with Gasteiger partial charge in [-0.1, -0.05) is 35.7 Å². The molecule has 0 amide bonds. The lowest BCUT2D eigenvalue weighted by Crippen LogP contribution is -2.40. The Morgan fingerprint density at radius 3 is 2.52 bits per heavy atom. The van der Waals surface area contributed by atoms with Crippen molar-refractivity contribution < 1.29 is 5.11 Å². The maximum Gasteiger partial charge on any atom is 0.0571 e. The Labute approximate surface area is 212 Å². The summed E-state index contributed by atoms with van der Waals surface area (Å²) < 4.78 is 0. The van der Waals surface area contributed by atoms with E-state index in [9.17, 15) is 5.11 Å². The maximum atomic E-state index is 10.5. The molecule has 1 aromatic carbocycles. The van der Waals surface area contributed by atoms with Crippen LogP contribution < -0.4 is 0 Å². The molecule has 1 saturated carbocycles. The zero-order valence-electron chi connectivity index (χ0n) is 19.3. The predicted octanol–water partition coefficient (Wildman–Crippen LogP) is 6.53. The van der Waals surface area contributed by atoms with Gasteiger partial charge in [-0.05, 0) is 103 Å². The van der Waals surface area contributed by atoms with Crippen LogP contribution in [0.2, 0.25) is 10.0 Å². The van der Waals surface area contributed by atoms with E-state index in [-0.39, 0.29) is 6.10 Å².